The van der Waals surface area contributed by atoms with Crippen molar-refractivity contribution in [3.8, 4) is 23.0 Å². The number of benzene rings is 1. The number of nitrogens with one attached hydrogen (secondary N) is 1. The second-order valence-corrected chi connectivity index (χ2v) is 6.87. The molecule has 1 unspecified atom stereocenters. The van der Waals surface area contributed by atoms with Crippen LogP contribution < -0.4 is 10.1 Å². The zero-order valence-electron chi connectivity index (χ0n) is 16.9. The lowest BCUT2D eigenvalue weighted by Gasteiger charge is -2.14. The summed E-state index contributed by atoms with van der Waals surface area (Å²) in [7, 11) is 1.58. The Morgan fingerprint density at radius 2 is 1.77 bits per heavy atom. The van der Waals surface area contributed by atoms with Crippen LogP contribution in [0.15, 0.2) is 61.1 Å². The van der Waals surface area contributed by atoms with Crippen molar-refractivity contribution in [2.75, 3.05) is 12.4 Å². The van der Waals surface area contributed by atoms with E-state index >= 15 is 0 Å². The molecule has 0 radical (unpaired) electrons. The molecule has 0 amide bonds. The van der Waals surface area contributed by atoms with Gasteiger partial charge >= 0.3 is 0 Å². The molecule has 0 saturated heterocycles. The second-order valence-electron chi connectivity index (χ2n) is 6.87. The second kappa shape index (κ2) is 8.28. The number of anilines is 1. The average molecular weight is 404 g/mol. The summed E-state index contributed by atoms with van der Waals surface area (Å²) in [5.74, 6) is 0.832. The Hall–Kier alpha value is -3.81. The highest BCUT2D eigenvalue weighted by molar-refractivity contribution is 5.59. The Balaban J connectivity index is 1.53. The molecule has 0 fully saturated rings. The predicted octanol–water partition coefficient (Wildman–Crippen LogP) is 4.35. The van der Waals surface area contributed by atoms with Gasteiger partial charge in [-0.1, -0.05) is 12.1 Å². The van der Waals surface area contributed by atoms with Gasteiger partial charge in [-0.25, -0.2) is 14.4 Å². The Morgan fingerprint density at radius 3 is 2.40 bits per heavy atom. The van der Waals surface area contributed by atoms with Crippen molar-refractivity contribution >= 4 is 5.82 Å². The average Bonchev–Trinajstić information content (AvgIpc) is 3.20. The largest absolute Gasteiger partial charge is 0.479 e. The first kappa shape index (κ1) is 19.5. The molecule has 0 saturated carbocycles. The Bertz CT molecular complexity index is 1140. The van der Waals surface area contributed by atoms with E-state index < -0.39 is 0 Å². The molecule has 0 spiro atoms. The maximum atomic E-state index is 13.1. The molecule has 1 atom stereocenters. The van der Waals surface area contributed by atoms with E-state index in [1.165, 1.54) is 12.1 Å². The molecule has 0 aliphatic heterocycles. The molecule has 3 aromatic heterocycles. The summed E-state index contributed by atoms with van der Waals surface area (Å²) in [5, 5.41) is 11.8. The summed E-state index contributed by atoms with van der Waals surface area (Å²) >= 11 is 0. The molecule has 1 N–H and O–H groups in total. The molecule has 1 aromatic carbocycles. The van der Waals surface area contributed by atoms with E-state index in [1.54, 1.807) is 25.6 Å². The molecule has 8 heteroatoms. The van der Waals surface area contributed by atoms with E-state index in [2.05, 4.69) is 25.5 Å². The van der Waals surface area contributed by atoms with Gasteiger partial charge in [0.2, 0.25) is 5.88 Å². The number of rotatable bonds is 6. The molecule has 4 aromatic rings. The summed E-state index contributed by atoms with van der Waals surface area (Å²) < 4.78 is 20.4. The van der Waals surface area contributed by atoms with Gasteiger partial charge in [-0.05, 0) is 55.8 Å². The van der Waals surface area contributed by atoms with E-state index in [0.717, 1.165) is 16.9 Å². The molecular weight excluding hydrogens is 383 g/mol. The third-order valence-electron chi connectivity index (χ3n) is 4.68. The first-order valence-corrected chi connectivity index (χ1v) is 9.45. The summed E-state index contributed by atoms with van der Waals surface area (Å²) in [6, 6.07) is 13.8. The lowest BCUT2D eigenvalue weighted by atomic mass is 10.1. The predicted molar refractivity (Wildman–Crippen MR) is 112 cm³/mol. The number of aromatic nitrogens is 5. The van der Waals surface area contributed by atoms with Crippen LogP contribution in [-0.2, 0) is 0 Å². The molecule has 152 valence electrons. The summed E-state index contributed by atoms with van der Waals surface area (Å²) in [5.41, 5.74) is 3.94. The minimum atomic E-state index is -0.257. The SMILES string of the molecule is COc1nc(-c2ccc(NC(C)c3ccc(F)cc3)nn2)ccc1-n1cnc(C)c1. The molecule has 0 aliphatic rings. The van der Waals surface area contributed by atoms with E-state index in [-0.39, 0.29) is 11.9 Å². The number of methoxy groups -OCH3 is 1. The molecule has 7 nitrogen and oxygen atoms in total. The first-order chi connectivity index (χ1) is 14.5. The molecule has 0 aliphatic carbocycles. The van der Waals surface area contributed by atoms with Gasteiger partial charge in [0.15, 0.2) is 0 Å². The number of pyridine rings is 1. The van der Waals surface area contributed by atoms with Gasteiger partial charge in [-0.3, -0.25) is 0 Å². The van der Waals surface area contributed by atoms with Crippen molar-refractivity contribution in [3.63, 3.8) is 0 Å². The van der Waals surface area contributed by atoms with Crippen LogP contribution in [0.25, 0.3) is 17.1 Å². The fourth-order valence-corrected chi connectivity index (χ4v) is 3.08. The number of imidazole rings is 1. The Morgan fingerprint density at radius 1 is 1.00 bits per heavy atom. The van der Waals surface area contributed by atoms with E-state index in [9.17, 15) is 4.39 Å². The van der Waals surface area contributed by atoms with Gasteiger partial charge in [0.1, 0.15) is 23.0 Å². The van der Waals surface area contributed by atoms with Crippen LogP contribution in [-0.4, -0.2) is 31.8 Å². The van der Waals surface area contributed by atoms with Crippen molar-refractivity contribution < 1.29 is 9.13 Å². The smallest absolute Gasteiger partial charge is 0.238 e. The third-order valence-corrected chi connectivity index (χ3v) is 4.68. The van der Waals surface area contributed by atoms with Crippen LogP contribution in [0.1, 0.15) is 24.2 Å². The maximum Gasteiger partial charge on any atom is 0.238 e. The minimum Gasteiger partial charge on any atom is -0.479 e. The third kappa shape index (κ3) is 4.12. The number of ether oxygens (including phenoxy) is 1. The molecule has 30 heavy (non-hydrogen) atoms. The molecular formula is C22H21FN6O. The lowest BCUT2D eigenvalue weighted by molar-refractivity contribution is 0.396. The standard InChI is InChI=1S/C22H21FN6O/c1-14-12-29(13-24-14)20-10-8-18(26-22(20)30-3)19-9-11-21(28-27-19)25-15(2)16-4-6-17(23)7-5-16/h4-13,15H,1-3H3,(H,25,28). The van der Waals surface area contributed by atoms with Crippen molar-refractivity contribution in [2.45, 2.75) is 19.9 Å². The monoisotopic (exact) mass is 404 g/mol. The highest BCUT2D eigenvalue weighted by atomic mass is 19.1. The number of hydrogen-bond acceptors (Lipinski definition) is 6. The topological polar surface area (TPSA) is 77.8 Å². The van der Waals surface area contributed by atoms with Gasteiger partial charge < -0.3 is 14.6 Å². The minimum absolute atomic E-state index is 0.0399. The van der Waals surface area contributed by atoms with E-state index in [4.69, 9.17) is 4.74 Å². The van der Waals surface area contributed by atoms with Crippen molar-refractivity contribution in [2.24, 2.45) is 0 Å². The van der Waals surface area contributed by atoms with Crippen LogP contribution in [0.4, 0.5) is 10.2 Å². The van der Waals surface area contributed by atoms with E-state index in [1.807, 2.05) is 48.9 Å². The lowest BCUT2D eigenvalue weighted by Crippen LogP contribution is -2.08. The Labute approximate surface area is 173 Å². The Kier molecular flexibility index (Phi) is 5.38. The fourth-order valence-electron chi connectivity index (χ4n) is 3.08. The van der Waals surface area contributed by atoms with Gasteiger partial charge in [0, 0.05) is 6.20 Å². The molecule has 4 rings (SSSR count). The van der Waals surface area contributed by atoms with E-state index in [0.29, 0.717) is 23.1 Å². The van der Waals surface area contributed by atoms with Gasteiger partial charge in [0.05, 0.1) is 30.9 Å². The van der Waals surface area contributed by atoms with Crippen LogP contribution in [0, 0.1) is 12.7 Å². The number of nitrogens with zero attached hydrogens (tertiary/aromatic N) is 5. The van der Waals surface area contributed by atoms with Crippen molar-refractivity contribution in [1.29, 1.82) is 0 Å². The fraction of sp³-hybridized carbons (Fsp3) is 0.182. The van der Waals surface area contributed by atoms with Crippen LogP contribution in [0.5, 0.6) is 5.88 Å². The zero-order valence-corrected chi connectivity index (χ0v) is 16.9. The van der Waals surface area contributed by atoms with Crippen LogP contribution >= 0.6 is 0 Å². The molecule has 0 bridgehead atoms. The maximum absolute atomic E-state index is 13.1. The van der Waals surface area contributed by atoms with Crippen molar-refractivity contribution in [1.82, 2.24) is 24.7 Å². The summed E-state index contributed by atoms with van der Waals surface area (Å²) in [4.78, 5) is 8.80. The number of hydrogen-bond donors (Lipinski definition) is 1. The van der Waals surface area contributed by atoms with Crippen LogP contribution in [0.3, 0.4) is 0 Å². The highest BCUT2D eigenvalue weighted by Gasteiger charge is 2.12. The van der Waals surface area contributed by atoms with Crippen LogP contribution in [0.2, 0.25) is 0 Å². The van der Waals surface area contributed by atoms with Gasteiger partial charge in [0.25, 0.3) is 0 Å². The van der Waals surface area contributed by atoms with Gasteiger partial charge in [-0.2, -0.15) is 0 Å². The highest BCUT2D eigenvalue weighted by Crippen LogP contribution is 2.26. The summed E-state index contributed by atoms with van der Waals surface area (Å²) in [6.07, 6.45) is 3.62. The quantitative estimate of drug-likeness (QED) is 0.515. The van der Waals surface area contributed by atoms with Crippen molar-refractivity contribution in [3.05, 3.63) is 78.1 Å². The first-order valence-electron chi connectivity index (χ1n) is 9.45. The number of halogens is 1. The van der Waals surface area contributed by atoms with Gasteiger partial charge in [-0.15, -0.1) is 10.2 Å². The normalized spacial score (nSPS) is 11.9. The summed E-state index contributed by atoms with van der Waals surface area (Å²) in [6.45, 7) is 3.90. The number of aryl methyl sites for hydroxylation is 1. The molecule has 3 heterocycles. The zero-order chi connectivity index (χ0) is 21.1.